The number of aromatic nitrogens is 3. The van der Waals surface area contributed by atoms with Crippen molar-refractivity contribution in [1.29, 1.82) is 0 Å². The lowest BCUT2D eigenvalue weighted by molar-refractivity contribution is -0.129. The van der Waals surface area contributed by atoms with Crippen LogP contribution in [0.15, 0.2) is 55.0 Å². The second kappa shape index (κ2) is 11.7. The smallest absolute Gasteiger partial charge is 0.264 e. The Morgan fingerprint density at radius 2 is 1.80 bits per heavy atom. The van der Waals surface area contributed by atoms with Gasteiger partial charge in [-0.15, -0.1) is 0 Å². The van der Waals surface area contributed by atoms with E-state index in [0.717, 1.165) is 74.5 Å². The number of carbonyl (C=O) groups is 1. The Hall–Kier alpha value is -3.65. The molecule has 10 rings (SSSR count). The molecule has 1 aliphatic carbocycles. The number of hydrogen-bond donors (Lipinski definition) is 2. The summed E-state index contributed by atoms with van der Waals surface area (Å²) in [6.45, 7) is 5.21. The number of nitrogens with zero attached hydrogens (tertiary/aromatic N) is 6. The van der Waals surface area contributed by atoms with Crippen LogP contribution in [0.25, 0.3) is 11.1 Å². The highest BCUT2D eigenvalue weighted by Gasteiger charge is 2.54. The summed E-state index contributed by atoms with van der Waals surface area (Å²) in [5.41, 5.74) is 3.55. The molecule has 0 radical (unpaired) electrons. The predicted octanol–water partition coefficient (Wildman–Crippen LogP) is 2.38. The monoisotopic (exact) mass is 618 g/mol. The first-order valence-corrected chi connectivity index (χ1v) is 17.1. The van der Waals surface area contributed by atoms with Crippen LogP contribution in [0.4, 0.5) is 17.5 Å². The molecule has 3 fully saturated rings. The van der Waals surface area contributed by atoms with Crippen molar-refractivity contribution < 1.29 is 17.4 Å². The van der Waals surface area contributed by atoms with Gasteiger partial charge in [0.05, 0.1) is 12.4 Å². The summed E-state index contributed by atoms with van der Waals surface area (Å²) >= 11 is 0. The topological polar surface area (TPSA) is 133 Å². The van der Waals surface area contributed by atoms with Crippen LogP contribution in [0.3, 0.4) is 0 Å². The molecule has 13 heteroatoms. The Morgan fingerprint density at radius 1 is 1.00 bits per heavy atom. The van der Waals surface area contributed by atoms with Crippen LogP contribution in [0.2, 0.25) is 0 Å². The van der Waals surface area contributed by atoms with E-state index in [4.69, 9.17) is 4.18 Å². The zero-order valence-electron chi connectivity index (χ0n) is 24.9. The van der Waals surface area contributed by atoms with Gasteiger partial charge in [-0.3, -0.25) is 18.8 Å². The minimum absolute atomic E-state index is 0.0834. The summed E-state index contributed by atoms with van der Waals surface area (Å²) in [5, 5.41) is 6.65. The Kier molecular flexibility index (Phi) is 7.73. The molecule has 232 valence electrons. The number of hydrogen-bond acceptors (Lipinski definition) is 11. The molecule has 12 nitrogen and oxygen atoms in total. The average molecular weight is 619 g/mol. The van der Waals surface area contributed by atoms with Crippen LogP contribution in [0, 0.1) is 0 Å². The van der Waals surface area contributed by atoms with Crippen molar-refractivity contribution in [2.45, 2.75) is 49.9 Å². The third kappa shape index (κ3) is 6.27. The Labute approximate surface area is 258 Å². The summed E-state index contributed by atoms with van der Waals surface area (Å²) in [7, 11) is -3.62. The summed E-state index contributed by atoms with van der Waals surface area (Å²) in [5.74, 6) is 1.32. The molecule has 2 N–H and O–H groups in total. The minimum Gasteiger partial charge on any atom is -0.354 e. The summed E-state index contributed by atoms with van der Waals surface area (Å²) in [6, 6.07) is 12.2. The number of amides is 1. The predicted molar refractivity (Wildman–Crippen MR) is 167 cm³/mol. The largest absolute Gasteiger partial charge is 0.354 e. The summed E-state index contributed by atoms with van der Waals surface area (Å²) in [6.07, 6.45) is 8.76. The number of pyridine rings is 1. The van der Waals surface area contributed by atoms with Gasteiger partial charge in [0.1, 0.15) is 11.4 Å². The molecule has 44 heavy (non-hydrogen) atoms. The molecule has 6 aliphatic heterocycles. The van der Waals surface area contributed by atoms with Crippen molar-refractivity contribution in [2.24, 2.45) is 0 Å². The number of carbonyl (C=O) groups excluding carboxylic acids is 1. The van der Waals surface area contributed by atoms with Gasteiger partial charge in [0.15, 0.2) is 0 Å². The third-order valence-electron chi connectivity index (χ3n) is 9.17. The molecule has 2 saturated heterocycles. The van der Waals surface area contributed by atoms with Crippen molar-refractivity contribution in [3.05, 3.63) is 60.6 Å². The number of piperazine rings is 1. The van der Waals surface area contributed by atoms with Gasteiger partial charge in [0.25, 0.3) is 10.1 Å². The molecule has 2 atom stereocenters. The molecule has 2 unspecified atom stereocenters. The van der Waals surface area contributed by atoms with Gasteiger partial charge in [-0.05, 0) is 61.1 Å². The van der Waals surface area contributed by atoms with E-state index in [1.54, 1.807) is 18.6 Å². The number of nitrogens with one attached hydrogen (secondary N) is 2. The molecule has 1 amide bonds. The Morgan fingerprint density at radius 3 is 2.55 bits per heavy atom. The maximum absolute atomic E-state index is 13.5. The number of rotatable bonds is 2. The van der Waals surface area contributed by atoms with Crippen molar-refractivity contribution in [3.8, 4) is 11.1 Å². The zero-order chi connectivity index (χ0) is 30.3. The van der Waals surface area contributed by atoms with E-state index in [0.29, 0.717) is 31.9 Å². The van der Waals surface area contributed by atoms with Gasteiger partial charge in [-0.1, -0.05) is 12.1 Å². The fourth-order valence-corrected chi connectivity index (χ4v) is 7.45. The van der Waals surface area contributed by atoms with Gasteiger partial charge in [-0.25, -0.2) is 15.0 Å². The van der Waals surface area contributed by atoms with Crippen molar-refractivity contribution in [2.75, 3.05) is 55.7 Å². The fraction of sp³-hybridized carbons (Fsp3) is 0.484. The molecular formula is C31H38N8O4S. The Bertz CT molecular complexity index is 1620. The second-order valence-corrected chi connectivity index (χ2v) is 13.9. The molecule has 8 heterocycles. The highest BCUT2D eigenvalue weighted by atomic mass is 32.2. The maximum atomic E-state index is 13.5. The highest BCUT2D eigenvalue weighted by molar-refractivity contribution is 7.86. The fourth-order valence-electron chi connectivity index (χ4n) is 6.82. The van der Waals surface area contributed by atoms with E-state index in [-0.39, 0.29) is 11.9 Å². The second-order valence-electron chi connectivity index (χ2n) is 12.3. The Balaban J connectivity index is 1.18. The maximum Gasteiger partial charge on any atom is 0.264 e. The standard InChI is InChI=1S/C31H38N8O4S/c1-44(41,42)43-27-17-26-6-10-33-29(40)31(7-8-31)38-13-11-37(12-14-38)20-22-3-2-4-25(15-22)36-28-16-23(5-9-32-28)24-18-34-30(35-19-24)39(26)21-27/h2-5,9,15-16,18-19,26-27H,6-8,10-14,17,20-21H2,1H3,(H,32,36)(H,33,40). The lowest BCUT2D eigenvalue weighted by Gasteiger charge is -2.39. The minimum atomic E-state index is -3.62. The van der Waals surface area contributed by atoms with Crippen LogP contribution < -0.4 is 15.5 Å². The van der Waals surface area contributed by atoms with Crippen LogP contribution in [0.1, 0.15) is 31.2 Å². The lowest BCUT2D eigenvalue weighted by Crippen LogP contribution is -2.56. The molecular weight excluding hydrogens is 580 g/mol. The van der Waals surface area contributed by atoms with Crippen molar-refractivity contribution in [1.82, 2.24) is 30.1 Å². The average Bonchev–Trinajstić information content (AvgIpc) is 3.73. The van der Waals surface area contributed by atoms with E-state index in [9.17, 15) is 13.2 Å². The normalized spacial score (nSPS) is 26.6. The summed E-state index contributed by atoms with van der Waals surface area (Å²) in [4.78, 5) is 34.2. The highest BCUT2D eigenvalue weighted by Crippen LogP contribution is 2.42. The van der Waals surface area contributed by atoms with Gasteiger partial charge < -0.3 is 15.5 Å². The van der Waals surface area contributed by atoms with Crippen molar-refractivity contribution in [3.63, 3.8) is 0 Å². The molecule has 8 bridgehead atoms. The van der Waals surface area contributed by atoms with E-state index in [1.807, 2.05) is 23.1 Å². The van der Waals surface area contributed by atoms with E-state index >= 15 is 0 Å². The van der Waals surface area contributed by atoms with Crippen LogP contribution in [-0.4, -0.2) is 102 Å². The van der Waals surface area contributed by atoms with Gasteiger partial charge in [0, 0.05) is 81.7 Å². The van der Waals surface area contributed by atoms with E-state index < -0.39 is 21.8 Å². The van der Waals surface area contributed by atoms with Crippen LogP contribution >= 0.6 is 0 Å². The van der Waals surface area contributed by atoms with E-state index in [1.165, 1.54) is 5.56 Å². The third-order valence-corrected chi connectivity index (χ3v) is 9.79. The first kappa shape index (κ1) is 29.1. The van der Waals surface area contributed by atoms with Crippen LogP contribution in [0.5, 0.6) is 0 Å². The molecule has 3 aromatic rings. The van der Waals surface area contributed by atoms with Gasteiger partial charge in [-0.2, -0.15) is 8.42 Å². The quantitative estimate of drug-likeness (QED) is 0.410. The molecule has 7 aliphatic rings. The lowest BCUT2D eigenvalue weighted by atomic mass is 10.1. The first-order chi connectivity index (χ1) is 21.2. The first-order valence-electron chi connectivity index (χ1n) is 15.3. The zero-order valence-corrected chi connectivity index (χ0v) is 25.7. The van der Waals surface area contributed by atoms with E-state index in [2.05, 4.69) is 53.6 Å². The van der Waals surface area contributed by atoms with Crippen molar-refractivity contribution >= 4 is 33.5 Å². The number of anilines is 3. The number of benzene rings is 1. The molecule has 1 aromatic carbocycles. The molecule has 1 saturated carbocycles. The van der Waals surface area contributed by atoms with Gasteiger partial charge >= 0.3 is 0 Å². The molecule has 2 aromatic heterocycles. The summed E-state index contributed by atoms with van der Waals surface area (Å²) < 4.78 is 29.2. The SMILES string of the molecule is CS(=O)(=O)OC1CC2CCNC(=O)C3(CC3)N3CCN(CC3)Cc3cccc(c3)Nc3cc(ccn3)-c3cnc(nc3)N2C1. The van der Waals surface area contributed by atoms with Crippen LogP contribution in [-0.2, 0) is 25.6 Å². The van der Waals surface area contributed by atoms with Gasteiger partial charge in [0.2, 0.25) is 11.9 Å². The molecule has 1 spiro atoms.